The van der Waals surface area contributed by atoms with E-state index >= 15 is 0 Å². The first-order valence-corrected chi connectivity index (χ1v) is 14.4. The van der Waals surface area contributed by atoms with E-state index in [0.29, 0.717) is 17.9 Å². The molecule has 226 valence electrons. The van der Waals surface area contributed by atoms with Crippen LogP contribution in [0.5, 0.6) is 11.5 Å². The van der Waals surface area contributed by atoms with Crippen molar-refractivity contribution in [2.45, 2.75) is 83.3 Å². The van der Waals surface area contributed by atoms with Crippen LogP contribution in [0, 0.1) is 0 Å². The summed E-state index contributed by atoms with van der Waals surface area (Å²) >= 11 is 0. The highest BCUT2D eigenvalue weighted by molar-refractivity contribution is 5.81. The molecule has 2 rings (SSSR count). The zero-order valence-electron chi connectivity index (χ0n) is 24.7. The van der Waals surface area contributed by atoms with Crippen LogP contribution in [0.15, 0.2) is 61.2 Å². The Morgan fingerprint density at radius 1 is 0.854 bits per heavy atom. The van der Waals surface area contributed by atoms with Crippen molar-refractivity contribution >= 4 is 11.9 Å². The number of hydrogen-bond donors (Lipinski definition) is 2. The van der Waals surface area contributed by atoms with Crippen molar-refractivity contribution < 1.29 is 38.7 Å². The van der Waals surface area contributed by atoms with Crippen molar-refractivity contribution in [1.29, 1.82) is 0 Å². The summed E-state index contributed by atoms with van der Waals surface area (Å²) in [5, 5.41) is 19.5. The largest absolute Gasteiger partial charge is 0.491 e. The Labute approximate surface area is 244 Å². The summed E-state index contributed by atoms with van der Waals surface area (Å²) < 4.78 is 21.6. The lowest BCUT2D eigenvalue weighted by molar-refractivity contribution is -0.153. The van der Waals surface area contributed by atoms with Crippen LogP contribution in [-0.4, -0.2) is 60.8 Å². The molecule has 0 radical (unpaired) electrons. The van der Waals surface area contributed by atoms with E-state index in [9.17, 15) is 19.8 Å². The second-order valence-corrected chi connectivity index (χ2v) is 10.6. The van der Waals surface area contributed by atoms with E-state index in [4.69, 9.17) is 18.9 Å². The van der Waals surface area contributed by atoms with Gasteiger partial charge in [-0.05, 0) is 41.8 Å². The van der Waals surface area contributed by atoms with Crippen LogP contribution in [-0.2, 0) is 24.5 Å². The number of hydrogen-bond acceptors (Lipinski definition) is 8. The van der Waals surface area contributed by atoms with Gasteiger partial charge in [-0.3, -0.25) is 4.79 Å². The van der Waals surface area contributed by atoms with Crippen LogP contribution >= 0.6 is 0 Å². The number of aliphatic hydroxyl groups is 2. The topological polar surface area (TPSA) is 112 Å². The number of ether oxygens (including phenoxy) is 4. The molecule has 0 amide bonds. The average Bonchev–Trinajstić information content (AvgIpc) is 2.99. The summed E-state index contributed by atoms with van der Waals surface area (Å²) in [5.41, 5.74) is 1.83. The van der Waals surface area contributed by atoms with Gasteiger partial charge in [-0.1, -0.05) is 83.7 Å². The van der Waals surface area contributed by atoms with Crippen molar-refractivity contribution in [3.63, 3.8) is 0 Å². The normalized spacial score (nSPS) is 12.7. The fourth-order valence-corrected chi connectivity index (χ4v) is 4.19. The first kappa shape index (κ1) is 33.8. The Morgan fingerprint density at radius 2 is 1.39 bits per heavy atom. The predicted molar refractivity (Wildman–Crippen MR) is 158 cm³/mol. The minimum Gasteiger partial charge on any atom is -0.491 e. The Hall–Kier alpha value is -3.36. The third kappa shape index (κ3) is 12.4. The van der Waals surface area contributed by atoms with E-state index in [1.165, 1.54) is 19.3 Å². The molecule has 0 saturated carbocycles. The first-order valence-electron chi connectivity index (χ1n) is 14.4. The molecule has 0 heterocycles. The van der Waals surface area contributed by atoms with Crippen molar-refractivity contribution in [1.82, 2.24) is 0 Å². The van der Waals surface area contributed by atoms with Gasteiger partial charge in [0.05, 0.1) is 6.61 Å². The zero-order valence-corrected chi connectivity index (χ0v) is 24.7. The average molecular weight is 571 g/mol. The van der Waals surface area contributed by atoms with Crippen LogP contribution in [0.4, 0.5) is 0 Å². The molecule has 2 N–H and O–H groups in total. The summed E-state index contributed by atoms with van der Waals surface area (Å²) in [6.45, 7) is 9.32. The predicted octanol–water partition coefficient (Wildman–Crippen LogP) is 5.51. The minimum atomic E-state index is -0.944. The van der Waals surface area contributed by atoms with Gasteiger partial charge in [-0.15, -0.1) is 0 Å². The fraction of sp³-hybridized carbons (Fsp3) is 0.515. The van der Waals surface area contributed by atoms with Crippen molar-refractivity contribution in [2.24, 2.45) is 0 Å². The van der Waals surface area contributed by atoms with E-state index in [1.807, 2.05) is 48.5 Å². The van der Waals surface area contributed by atoms with Gasteiger partial charge in [0.1, 0.15) is 37.4 Å². The molecule has 8 nitrogen and oxygen atoms in total. The molecule has 41 heavy (non-hydrogen) atoms. The van der Waals surface area contributed by atoms with Gasteiger partial charge in [0.15, 0.2) is 6.10 Å². The molecule has 2 aromatic carbocycles. The second kappa shape index (κ2) is 18.1. The molecule has 0 aliphatic heterocycles. The fourth-order valence-electron chi connectivity index (χ4n) is 4.19. The number of aliphatic hydroxyl groups excluding tert-OH is 2. The van der Waals surface area contributed by atoms with Gasteiger partial charge in [0.25, 0.3) is 0 Å². The van der Waals surface area contributed by atoms with Gasteiger partial charge in [0, 0.05) is 17.9 Å². The molecule has 0 aliphatic rings. The van der Waals surface area contributed by atoms with Crippen LogP contribution in [0.3, 0.4) is 0 Å². The molecule has 2 unspecified atom stereocenters. The van der Waals surface area contributed by atoms with Gasteiger partial charge in [-0.25, -0.2) is 4.79 Å². The third-order valence-electron chi connectivity index (χ3n) is 6.85. The lowest BCUT2D eigenvalue weighted by Crippen LogP contribution is -2.28. The Bertz CT molecular complexity index is 1050. The van der Waals surface area contributed by atoms with Crippen molar-refractivity contribution in [3.05, 3.63) is 72.3 Å². The molecular formula is C33H46O8. The SMILES string of the molecule is C=CC(=O)OCC(O)COc1ccc(C(C)(C)c2ccc(OCC(CO)OC(=O)CCCCCCCC)cc2)cc1. The molecule has 0 aromatic heterocycles. The van der Waals surface area contributed by atoms with Crippen LogP contribution in [0.1, 0.15) is 76.8 Å². The number of unbranched alkanes of at least 4 members (excludes halogenated alkanes) is 5. The molecule has 8 heteroatoms. The molecule has 0 fully saturated rings. The monoisotopic (exact) mass is 570 g/mol. The van der Waals surface area contributed by atoms with Crippen LogP contribution < -0.4 is 9.47 Å². The first-order chi connectivity index (χ1) is 19.7. The second-order valence-electron chi connectivity index (χ2n) is 10.6. The van der Waals surface area contributed by atoms with Gasteiger partial charge < -0.3 is 29.2 Å². The Balaban J connectivity index is 1.82. The highest BCUT2D eigenvalue weighted by atomic mass is 16.6. The summed E-state index contributed by atoms with van der Waals surface area (Å²) in [5.74, 6) is 0.315. The Kier molecular flexibility index (Phi) is 15.0. The van der Waals surface area contributed by atoms with Crippen molar-refractivity contribution in [2.75, 3.05) is 26.4 Å². The van der Waals surface area contributed by atoms with Crippen LogP contribution in [0.25, 0.3) is 0 Å². The standard InChI is InChI=1S/C33H46O8/c1-5-7-8-9-10-11-12-32(37)41-30(21-34)24-39-29-19-15-26(16-20-29)33(3,4)25-13-17-28(18-14-25)38-22-27(35)23-40-31(36)6-2/h6,13-20,27,30,34-35H,2,5,7-12,21-24H2,1,3-4H3. The number of rotatable bonds is 20. The maximum Gasteiger partial charge on any atom is 0.330 e. The van der Waals surface area contributed by atoms with Gasteiger partial charge >= 0.3 is 11.9 Å². The lowest BCUT2D eigenvalue weighted by atomic mass is 9.78. The van der Waals surface area contributed by atoms with E-state index in [2.05, 4.69) is 27.4 Å². The number of carbonyl (C=O) groups excluding carboxylic acids is 2. The van der Waals surface area contributed by atoms with E-state index < -0.39 is 18.2 Å². The number of esters is 2. The van der Waals surface area contributed by atoms with E-state index in [0.717, 1.165) is 36.5 Å². The third-order valence-corrected chi connectivity index (χ3v) is 6.85. The molecule has 0 saturated heterocycles. The smallest absolute Gasteiger partial charge is 0.330 e. The summed E-state index contributed by atoms with van der Waals surface area (Å²) in [7, 11) is 0. The summed E-state index contributed by atoms with van der Waals surface area (Å²) in [4.78, 5) is 23.2. The van der Waals surface area contributed by atoms with E-state index in [-0.39, 0.29) is 37.8 Å². The Morgan fingerprint density at radius 3 is 1.93 bits per heavy atom. The molecule has 2 atom stereocenters. The zero-order chi connectivity index (χ0) is 30.1. The van der Waals surface area contributed by atoms with Crippen LogP contribution in [0.2, 0.25) is 0 Å². The molecule has 2 aromatic rings. The maximum atomic E-state index is 12.1. The quantitative estimate of drug-likeness (QED) is 0.122. The highest BCUT2D eigenvalue weighted by Gasteiger charge is 2.23. The van der Waals surface area contributed by atoms with E-state index in [1.54, 1.807) is 0 Å². The number of benzene rings is 2. The maximum absolute atomic E-state index is 12.1. The lowest BCUT2D eigenvalue weighted by Gasteiger charge is -2.26. The van der Waals surface area contributed by atoms with Gasteiger partial charge in [-0.2, -0.15) is 0 Å². The molecule has 0 aliphatic carbocycles. The van der Waals surface area contributed by atoms with Crippen molar-refractivity contribution in [3.8, 4) is 11.5 Å². The summed E-state index contributed by atoms with van der Waals surface area (Å²) in [6.07, 6.45) is 6.30. The number of carbonyl (C=O) groups is 2. The minimum absolute atomic E-state index is 0.00983. The molecule has 0 bridgehead atoms. The highest BCUT2D eigenvalue weighted by Crippen LogP contribution is 2.33. The van der Waals surface area contributed by atoms with Gasteiger partial charge in [0.2, 0.25) is 0 Å². The molecule has 0 spiro atoms. The molecular weight excluding hydrogens is 524 g/mol. The summed E-state index contributed by atoms with van der Waals surface area (Å²) in [6, 6.07) is 15.3.